The number of unbranched alkanes of at least 4 members (excludes halogenated alkanes) is 1. The number of ether oxygens (including phenoxy) is 1. The zero-order chi connectivity index (χ0) is 18.9. The lowest BCUT2D eigenvalue weighted by Crippen LogP contribution is -2.09. The number of anilines is 1. The van der Waals surface area contributed by atoms with Gasteiger partial charge in [-0.3, -0.25) is 14.9 Å². The Morgan fingerprint density at radius 1 is 1.27 bits per heavy atom. The number of carbonyl (C=O) groups excluding carboxylic acids is 1. The maximum Gasteiger partial charge on any atom is 0.293 e. The molecule has 136 valence electrons. The molecule has 0 saturated heterocycles. The van der Waals surface area contributed by atoms with E-state index >= 15 is 0 Å². The van der Waals surface area contributed by atoms with Crippen molar-refractivity contribution in [2.45, 2.75) is 26.7 Å². The van der Waals surface area contributed by atoms with Gasteiger partial charge in [-0.2, -0.15) is 0 Å². The van der Waals surface area contributed by atoms with Crippen molar-refractivity contribution in [3.05, 3.63) is 69.8 Å². The summed E-state index contributed by atoms with van der Waals surface area (Å²) in [6.07, 6.45) is 4.97. The van der Waals surface area contributed by atoms with Crippen LogP contribution in [-0.2, 0) is 4.79 Å². The maximum atomic E-state index is 12.2. The molecule has 0 radical (unpaired) electrons. The van der Waals surface area contributed by atoms with Gasteiger partial charge in [0.2, 0.25) is 5.91 Å². The predicted octanol–water partition coefficient (Wildman–Crippen LogP) is 4.73. The molecule has 1 amide bonds. The molecule has 0 aromatic heterocycles. The molecule has 0 saturated carbocycles. The molecule has 0 heterocycles. The van der Waals surface area contributed by atoms with Crippen LogP contribution in [-0.4, -0.2) is 17.4 Å². The largest absolute Gasteiger partial charge is 0.493 e. The second-order valence-corrected chi connectivity index (χ2v) is 5.84. The van der Waals surface area contributed by atoms with E-state index in [4.69, 9.17) is 4.74 Å². The average molecular weight is 354 g/mol. The lowest BCUT2D eigenvalue weighted by molar-refractivity contribution is -0.384. The predicted molar refractivity (Wildman–Crippen MR) is 102 cm³/mol. The number of hydrogen-bond donors (Lipinski definition) is 1. The number of benzene rings is 2. The minimum atomic E-state index is -0.511. The summed E-state index contributed by atoms with van der Waals surface area (Å²) in [5.74, 6) is 0.256. The van der Waals surface area contributed by atoms with Crippen LogP contribution in [0.15, 0.2) is 48.5 Å². The third-order valence-electron chi connectivity index (χ3n) is 3.70. The molecule has 0 spiro atoms. The van der Waals surface area contributed by atoms with Gasteiger partial charge in [-0.1, -0.05) is 37.6 Å². The van der Waals surface area contributed by atoms with Crippen molar-refractivity contribution in [1.82, 2.24) is 0 Å². The number of nitro groups is 1. The Morgan fingerprint density at radius 3 is 2.77 bits per heavy atom. The standard InChI is InChI=1S/C20H22N2O4/c1-3-4-13-26-19-8-6-5-7-16(19)10-12-20(23)21-17-11-9-15(2)14-18(17)22(24)25/h5-12,14H,3-4,13H2,1-2H3,(H,21,23)/b12-10+. The Labute approximate surface area is 152 Å². The van der Waals surface area contributed by atoms with Crippen LogP contribution in [0.25, 0.3) is 6.08 Å². The summed E-state index contributed by atoms with van der Waals surface area (Å²) in [6, 6.07) is 12.1. The lowest BCUT2D eigenvalue weighted by Gasteiger charge is -2.08. The Balaban J connectivity index is 2.10. The highest BCUT2D eigenvalue weighted by Gasteiger charge is 2.15. The van der Waals surface area contributed by atoms with Crippen LogP contribution < -0.4 is 10.1 Å². The van der Waals surface area contributed by atoms with Gasteiger partial charge in [0, 0.05) is 17.7 Å². The number of para-hydroxylation sites is 1. The van der Waals surface area contributed by atoms with Crippen molar-refractivity contribution < 1.29 is 14.5 Å². The zero-order valence-corrected chi connectivity index (χ0v) is 14.9. The van der Waals surface area contributed by atoms with Crippen molar-refractivity contribution in [3.8, 4) is 5.75 Å². The minimum Gasteiger partial charge on any atom is -0.493 e. The molecule has 0 atom stereocenters. The summed E-state index contributed by atoms with van der Waals surface area (Å²) in [5.41, 5.74) is 1.57. The van der Waals surface area contributed by atoms with E-state index in [0.717, 1.165) is 24.0 Å². The highest BCUT2D eigenvalue weighted by molar-refractivity contribution is 6.03. The molecule has 2 rings (SSSR count). The molecule has 6 nitrogen and oxygen atoms in total. The van der Waals surface area contributed by atoms with E-state index in [1.807, 2.05) is 24.3 Å². The number of nitro benzene ring substituents is 1. The van der Waals surface area contributed by atoms with Crippen LogP contribution in [0.2, 0.25) is 0 Å². The molecule has 1 N–H and O–H groups in total. The minimum absolute atomic E-state index is 0.130. The van der Waals surface area contributed by atoms with Crippen molar-refractivity contribution in [2.75, 3.05) is 11.9 Å². The number of aryl methyl sites for hydroxylation is 1. The van der Waals surface area contributed by atoms with Gasteiger partial charge < -0.3 is 10.1 Å². The van der Waals surface area contributed by atoms with Crippen LogP contribution in [0.3, 0.4) is 0 Å². The highest BCUT2D eigenvalue weighted by Crippen LogP contribution is 2.25. The fourth-order valence-corrected chi connectivity index (χ4v) is 2.31. The molecule has 0 unspecified atom stereocenters. The first-order chi connectivity index (χ1) is 12.5. The Kier molecular flexibility index (Phi) is 6.91. The van der Waals surface area contributed by atoms with Gasteiger partial charge in [-0.05, 0) is 37.1 Å². The number of rotatable bonds is 8. The van der Waals surface area contributed by atoms with Gasteiger partial charge in [0.05, 0.1) is 11.5 Å². The molecular formula is C20H22N2O4. The number of nitrogens with one attached hydrogen (secondary N) is 1. The van der Waals surface area contributed by atoms with Crippen LogP contribution in [0, 0.1) is 17.0 Å². The Bertz CT molecular complexity index is 815. The van der Waals surface area contributed by atoms with E-state index in [-0.39, 0.29) is 11.4 Å². The molecule has 26 heavy (non-hydrogen) atoms. The van der Waals surface area contributed by atoms with Gasteiger partial charge in [0.25, 0.3) is 5.69 Å². The number of hydrogen-bond acceptors (Lipinski definition) is 4. The van der Waals surface area contributed by atoms with Crippen molar-refractivity contribution >= 4 is 23.4 Å². The summed E-state index contributed by atoms with van der Waals surface area (Å²) in [4.78, 5) is 22.8. The average Bonchev–Trinajstić information content (AvgIpc) is 2.62. The maximum absolute atomic E-state index is 12.2. The molecule has 0 aliphatic heterocycles. The summed E-state index contributed by atoms with van der Waals surface area (Å²) >= 11 is 0. The monoisotopic (exact) mass is 354 g/mol. The first-order valence-corrected chi connectivity index (χ1v) is 8.47. The van der Waals surface area contributed by atoms with E-state index in [0.29, 0.717) is 12.4 Å². The molecular weight excluding hydrogens is 332 g/mol. The molecule has 6 heteroatoms. The van der Waals surface area contributed by atoms with E-state index in [1.54, 1.807) is 19.1 Å². The van der Waals surface area contributed by atoms with Gasteiger partial charge in [0.15, 0.2) is 0 Å². The van der Waals surface area contributed by atoms with Crippen LogP contribution in [0.4, 0.5) is 11.4 Å². The molecule has 0 aliphatic rings. The molecule has 0 bridgehead atoms. The normalized spacial score (nSPS) is 10.7. The summed E-state index contributed by atoms with van der Waals surface area (Å²) in [6.45, 7) is 4.46. The second-order valence-electron chi connectivity index (χ2n) is 5.84. The Hall–Kier alpha value is -3.15. The third-order valence-corrected chi connectivity index (χ3v) is 3.70. The lowest BCUT2D eigenvalue weighted by atomic mass is 10.1. The van der Waals surface area contributed by atoms with Gasteiger partial charge >= 0.3 is 0 Å². The topological polar surface area (TPSA) is 81.5 Å². The third kappa shape index (κ3) is 5.44. The van der Waals surface area contributed by atoms with Crippen molar-refractivity contribution in [2.24, 2.45) is 0 Å². The molecule has 0 aliphatic carbocycles. The highest BCUT2D eigenvalue weighted by atomic mass is 16.6. The number of nitrogens with zero attached hydrogens (tertiary/aromatic N) is 1. The molecule has 2 aromatic carbocycles. The molecule has 0 fully saturated rings. The first kappa shape index (κ1) is 19.2. The van der Waals surface area contributed by atoms with E-state index in [2.05, 4.69) is 12.2 Å². The quantitative estimate of drug-likeness (QED) is 0.321. The van der Waals surface area contributed by atoms with E-state index < -0.39 is 10.8 Å². The van der Waals surface area contributed by atoms with Crippen molar-refractivity contribution in [3.63, 3.8) is 0 Å². The second kappa shape index (κ2) is 9.36. The van der Waals surface area contributed by atoms with Gasteiger partial charge in [-0.25, -0.2) is 0 Å². The first-order valence-electron chi connectivity index (χ1n) is 8.47. The number of amides is 1. The number of carbonyl (C=O) groups is 1. The van der Waals surface area contributed by atoms with E-state index in [9.17, 15) is 14.9 Å². The fourth-order valence-electron chi connectivity index (χ4n) is 2.31. The summed E-state index contributed by atoms with van der Waals surface area (Å²) in [7, 11) is 0. The smallest absolute Gasteiger partial charge is 0.293 e. The summed E-state index contributed by atoms with van der Waals surface area (Å²) in [5, 5.41) is 13.7. The fraction of sp³-hybridized carbons (Fsp3) is 0.250. The van der Waals surface area contributed by atoms with Crippen LogP contribution in [0.1, 0.15) is 30.9 Å². The zero-order valence-electron chi connectivity index (χ0n) is 14.9. The van der Waals surface area contributed by atoms with Crippen LogP contribution >= 0.6 is 0 Å². The molecule has 2 aromatic rings. The van der Waals surface area contributed by atoms with Gasteiger partial charge in [0.1, 0.15) is 11.4 Å². The summed E-state index contributed by atoms with van der Waals surface area (Å²) < 4.78 is 5.72. The Morgan fingerprint density at radius 2 is 2.04 bits per heavy atom. The van der Waals surface area contributed by atoms with Crippen LogP contribution in [0.5, 0.6) is 5.75 Å². The van der Waals surface area contributed by atoms with Crippen molar-refractivity contribution in [1.29, 1.82) is 0 Å². The SMILES string of the molecule is CCCCOc1ccccc1/C=C/C(=O)Nc1ccc(C)cc1[N+](=O)[O-]. The van der Waals surface area contributed by atoms with Gasteiger partial charge in [-0.15, -0.1) is 0 Å². The van der Waals surface area contributed by atoms with E-state index in [1.165, 1.54) is 18.2 Å².